The van der Waals surface area contributed by atoms with Crippen LogP contribution in [0.25, 0.3) is 10.8 Å². The minimum absolute atomic E-state index is 0.0204. The first-order valence-corrected chi connectivity index (χ1v) is 10.5. The molecular weight excluding hydrogens is 360 g/mol. The lowest BCUT2D eigenvalue weighted by Crippen LogP contribution is -2.24. The van der Waals surface area contributed by atoms with E-state index in [4.69, 9.17) is 0 Å². The van der Waals surface area contributed by atoms with Crippen molar-refractivity contribution in [3.05, 3.63) is 29.8 Å². The Morgan fingerprint density at radius 3 is 2.52 bits per heavy atom. The quantitative estimate of drug-likeness (QED) is 0.797. The Hall–Kier alpha value is -1.61. The van der Waals surface area contributed by atoms with Crippen LogP contribution in [0.2, 0.25) is 0 Å². The SMILES string of the molecule is CCNS(=O)(=O)c1cc(S(=O)O)c2ccc3c(c2c1)C(C)(C)C(C)=N3. The van der Waals surface area contributed by atoms with Crippen molar-refractivity contribution in [2.45, 2.75) is 42.9 Å². The zero-order chi connectivity index (χ0) is 18.6. The van der Waals surface area contributed by atoms with Crippen molar-refractivity contribution in [2.75, 3.05) is 6.54 Å². The van der Waals surface area contributed by atoms with Gasteiger partial charge in [-0.1, -0.05) is 26.8 Å². The number of hydrogen-bond donors (Lipinski definition) is 2. The molecule has 0 bridgehead atoms. The third-order valence-corrected chi connectivity index (χ3v) is 6.94. The molecule has 8 heteroatoms. The highest BCUT2D eigenvalue weighted by atomic mass is 32.2. The van der Waals surface area contributed by atoms with Crippen LogP contribution in [-0.2, 0) is 26.5 Å². The minimum Gasteiger partial charge on any atom is -0.302 e. The predicted octanol–water partition coefficient (Wildman–Crippen LogP) is 3.10. The molecule has 1 atom stereocenters. The molecular formula is C17H20N2O4S2. The number of rotatable bonds is 4. The van der Waals surface area contributed by atoms with Gasteiger partial charge in [0.05, 0.1) is 15.5 Å². The normalized spacial score (nSPS) is 17.4. The van der Waals surface area contributed by atoms with E-state index in [2.05, 4.69) is 9.71 Å². The van der Waals surface area contributed by atoms with Gasteiger partial charge in [0.2, 0.25) is 10.0 Å². The summed E-state index contributed by atoms with van der Waals surface area (Å²) in [4.78, 5) is 4.63. The van der Waals surface area contributed by atoms with Gasteiger partial charge in [-0.3, -0.25) is 4.99 Å². The predicted molar refractivity (Wildman–Crippen MR) is 99.6 cm³/mol. The Balaban J connectivity index is 2.43. The standard InChI is InChI=1S/C17H20N2O4S2/c1-5-18-25(22,23)11-8-13-12(15(9-11)24(20)21)6-7-14-16(13)17(3,4)10(2)19-14/h6-9,18H,5H2,1-4H3,(H,20,21). The van der Waals surface area contributed by atoms with E-state index < -0.39 is 21.1 Å². The van der Waals surface area contributed by atoms with Crippen LogP contribution in [0.3, 0.4) is 0 Å². The second-order valence-electron chi connectivity index (χ2n) is 6.55. The maximum Gasteiger partial charge on any atom is 0.240 e. The lowest BCUT2D eigenvalue weighted by Gasteiger charge is -2.22. The largest absolute Gasteiger partial charge is 0.302 e. The van der Waals surface area contributed by atoms with E-state index in [9.17, 15) is 17.2 Å². The molecule has 0 saturated carbocycles. The number of fused-ring (bicyclic) bond motifs is 3. The van der Waals surface area contributed by atoms with E-state index in [-0.39, 0.29) is 21.8 Å². The summed E-state index contributed by atoms with van der Waals surface area (Å²) >= 11 is -2.31. The zero-order valence-corrected chi connectivity index (χ0v) is 16.1. The second kappa shape index (κ2) is 5.98. The first-order valence-electron chi connectivity index (χ1n) is 7.87. The molecule has 2 aromatic rings. The summed E-state index contributed by atoms with van der Waals surface area (Å²) < 4.78 is 48.9. The molecule has 1 aliphatic rings. The van der Waals surface area contributed by atoms with Crippen molar-refractivity contribution in [3.63, 3.8) is 0 Å². The third-order valence-electron chi connectivity index (χ3n) is 4.70. The maximum atomic E-state index is 12.5. The molecule has 0 fully saturated rings. The topological polar surface area (TPSA) is 95.8 Å². The molecule has 1 aliphatic heterocycles. The number of nitrogens with zero attached hydrogens (tertiary/aromatic N) is 1. The number of nitrogens with one attached hydrogen (secondary N) is 1. The summed E-state index contributed by atoms with van der Waals surface area (Å²) in [6, 6.07) is 6.36. The summed E-state index contributed by atoms with van der Waals surface area (Å²) in [6.07, 6.45) is 0. The van der Waals surface area contributed by atoms with Crippen molar-refractivity contribution < 1.29 is 17.2 Å². The van der Waals surface area contributed by atoms with Crippen molar-refractivity contribution in [3.8, 4) is 0 Å². The summed E-state index contributed by atoms with van der Waals surface area (Å²) in [5, 5.41) is 1.20. The molecule has 6 nitrogen and oxygen atoms in total. The molecule has 3 rings (SSSR count). The average Bonchev–Trinajstić information content (AvgIpc) is 2.75. The van der Waals surface area contributed by atoms with Gasteiger partial charge in [0, 0.05) is 23.1 Å². The molecule has 0 saturated heterocycles. The highest BCUT2D eigenvalue weighted by Gasteiger charge is 2.35. The fourth-order valence-electron chi connectivity index (χ4n) is 3.19. The first-order chi connectivity index (χ1) is 11.6. The van der Waals surface area contributed by atoms with Gasteiger partial charge in [0.15, 0.2) is 11.1 Å². The molecule has 2 N–H and O–H groups in total. The Morgan fingerprint density at radius 2 is 1.92 bits per heavy atom. The monoisotopic (exact) mass is 380 g/mol. The Kier molecular flexibility index (Phi) is 4.35. The van der Waals surface area contributed by atoms with Crippen molar-refractivity contribution in [2.24, 2.45) is 4.99 Å². The average molecular weight is 380 g/mol. The lowest BCUT2D eigenvalue weighted by molar-refractivity contribution is 0.565. The maximum absolute atomic E-state index is 12.5. The summed E-state index contributed by atoms with van der Waals surface area (Å²) in [7, 11) is -3.76. The van der Waals surface area contributed by atoms with Gasteiger partial charge < -0.3 is 4.55 Å². The van der Waals surface area contributed by atoms with Gasteiger partial charge >= 0.3 is 0 Å². The van der Waals surface area contributed by atoms with Crippen molar-refractivity contribution in [1.82, 2.24) is 4.72 Å². The molecule has 25 heavy (non-hydrogen) atoms. The van der Waals surface area contributed by atoms with Crippen LogP contribution >= 0.6 is 0 Å². The Labute approximate surface area is 149 Å². The molecule has 0 amide bonds. The van der Waals surface area contributed by atoms with Gasteiger partial charge in [-0.15, -0.1) is 0 Å². The van der Waals surface area contributed by atoms with Gasteiger partial charge in [0.1, 0.15) is 0 Å². The van der Waals surface area contributed by atoms with Crippen LogP contribution in [0.15, 0.2) is 39.0 Å². The molecule has 2 aromatic carbocycles. The van der Waals surface area contributed by atoms with E-state index in [1.165, 1.54) is 6.07 Å². The summed E-state index contributed by atoms with van der Waals surface area (Å²) in [5.74, 6) is 0. The minimum atomic E-state index is -3.76. The van der Waals surface area contributed by atoms with Gasteiger partial charge in [-0.2, -0.15) is 0 Å². The van der Waals surface area contributed by atoms with Gasteiger partial charge in [-0.25, -0.2) is 17.3 Å². The zero-order valence-electron chi connectivity index (χ0n) is 14.5. The van der Waals surface area contributed by atoms with Crippen molar-refractivity contribution >= 4 is 43.3 Å². The fraction of sp³-hybridized carbons (Fsp3) is 0.353. The summed E-state index contributed by atoms with van der Waals surface area (Å²) in [5.41, 5.74) is 2.18. The number of benzene rings is 2. The van der Waals surface area contributed by atoms with Crippen LogP contribution in [0.5, 0.6) is 0 Å². The number of aliphatic imine (C=N–C) groups is 1. The van der Waals surface area contributed by atoms with Gasteiger partial charge in [-0.05, 0) is 36.1 Å². The van der Waals surface area contributed by atoms with E-state index in [1.54, 1.807) is 19.1 Å². The third kappa shape index (κ3) is 2.83. The molecule has 0 aromatic heterocycles. The molecule has 0 aliphatic carbocycles. The Morgan fingerprint density at radius 1 is 1.24 bits per heavy atom. The molecule has 134 valence electrons. The number of sulfonamides is 1. The highest BCUT2D eigenvalue weighted by Crippen LogP contribution is 2.45. The molecule has 0 spiro atoms. The smallest absolute Gasteiger partial charge is 0.240 e. The molecule has 1 heterocycles. The lowest BCUT2D eigenvalue weighted by atomic mass is 9.80. The van der Waals surface area contributed by atoms with Crippen LogP contribution in [0, 0.1) is 0 Å². The molecule has 1 unspecified atom stereocenters. The van der Waals surface area contributed by atoms with E-state index in [0.29, 0.717) is 10.8 Å². The highest BCUT2D eigenvalue weighted by molar-refractivity contribution is 7.89. The van der Waals surface area contributed by atoms with Crippen LogP contribution in [0.1, 0.15) is 33.3 Å². The first kappa shape index (κ1) is 18.2. The van der Waals surface area contributed by atoms with Crippen LogP contribution in [0.4, 0.5) is 5.69 Å². The van der Waals surface area contributed by atoms with Crippen LogP contribution < -0.4 is 4.72 Å². The summed E-state index contributed by atoms with van der Waals surface area (Å²) in [6.45, 7) is 7.87. The van der Waals surface area contributed by atoms with E-state index in [0.717, 1.165) is 17.0 Å². The molecule has 0 radical (unpaired) electrons. The van der Waals surface area contributed by atoms with E-state index >= 15 is 0 Å². The van der Waals surface area contributed by atoms with E-state index in [1.807, 2.05) is 26.8 Å². The fourth-order valence-corrected chi connectivity index (χ4v) is 4.95. The number of hydrogen-bond acceptors (Lipinski definition) is 4. The van der Waals surface area contributed by atoms with Crippen LogP contribution in [-0.4, -0.2) is 29.4 Å². The van der Waals surface area contributed by atoms with Crippen molar-refractivity contribution in [1.29, 1.82) is 0 Å². The Bertz CT molecular complexity index is 1040. The second-order valence-corrected chi connectivity index (χ2v) is 9.25. The van der Waals surface area contributed by atoms with Gasteiger partial charge in [0.25, 0.3) is 0 Å².